The van der Waals surface area contributed by atoms with E-state index in [2.05, 4.69) is 9.97 Å². The minimum absolute atomic E-state index is 0.144. The molecule has 5 heteroatoms. The number of rotatable bonds is 1. The van der Waals surface area contributed by atoms with Crippen molar-refractivity contribution < 1.29 is 8.78 Å². The molecule has 3 rings (SSSR count). The van der Waals surface area contributed by atoms with E-state index in [9.17, 15) is 8.78 Å². The number of benzene rings is 2. The average molecular weight is 285 g/mol. The third-order valence-electron chi connectivity index (χ3n) is 3.45. The van der Waals surface area contributed by atoms with Crippen LogP contribution >= 0.6 is 0 Å². The Morgan fingerprint density at radius 2 is 1.71 bits per heavy atom. The highest BCUT2D eigenvalue weighted by Crippen LogP contribution is 2.27. The van der Waals surface area contributed by atoms with Crippen LogP contribution in [0.5, 0.6) is 0 Å². The number of anilines is 1. The van der Waals surface area contributed by atoms with Crippen molar-refractivity contribution >= 4 is 16.7 Å². The fourth-order valence-electron chi connectivity index (χ4n) is 2.27. The second kappa shape index (κ2) is 4.77. The molecule has 106 valence electrons. The second-order valence-corrected chi connectivity index (χ2v) is 4.98. The van der Waals surface area contributed by atoms with Crippen LogP contribution in [0, 0.1) is 25.5 Å². The standard InChI is InChI=1S/C16H13F2N3/c1-8-4-3-5-10-14(8)20-16(21-15(10)19)11-6-9(2)12(17)7-13(11)18/h3-7H,1-2H3,(H2,19,20,21). The minimum Gasteiger partial charge on any atom is -0.383 e. The molecule has 0 aliphatic carbocycles. The number of fused-ring (bicyclic) bond motifs is 1. The summed E-state index contributed by atoms with van der Waals surface area (Å²) in [5.41, 5.74) is 8.00. The van der Waals surface area contributed by atoms with Crippen molar-refractivity contribution in [1.82, 2.24) is 9.97 Å². The zero-order valence-electron chi connectivity index (χ0n) is 11.6. The molecule has 0 radical (unpaired) electrons. The van der Waals surface area contributed by atoms with Gasteiger partial charge in [-0.1, -0.05) is 12.1 Å². The summed E-state index contributed by atoms with van der Waals surface area (Å²) in [4.78, 5) is 8.53. The Bertz CT molecular complexity index is 860. The molecular weight excluding hydrogens is 272 g/mol. The maximum Gasteiger partial charge on any atom is 0.165 e. The number of aryl methyl sites for hydroxylation is 2. The molecule has 1 heterocycles. The van der Waals surface area contributed by atoms with Gasteiger partial charge in [0.25, 0.3) is 0 Å². The number of halogens is 2. The van der Waals surface area contributed by atoms with Crippen molar-refractivity contribution in [2.24, 2.45) is 0 Å². The lowest BCUT2D eigenvalue weighted by molar-refractivity contribution is 0.579. The number of nitrogens with two attached hydrogens (primary N) is 1. The predicted octanol–water partition coefficient (Wildman–Crippen LogP) is 3.77. The van der Waals surface area contributed by atoms with Crippen molar-refractivity contribution in [2.45, 2.75) is 13.8 Å². The molecular formula is C16H13F2N3. The van der Waals surface area contributed by atoms with Gasteiger partial charge in [-0.2, -0.15) is 0 Å². The van der Waals surface area contributed by atoms with Gasteiger partial charge in [-0.15, -0.1) is 0 Å². The van der Waals surface area contributed by atoms with Crippen LogP contribution in [0.4, 0.5) is 14.6 Å². The summed E-state index contributed by atoms with van der Waals surface area (Å²) in [5, 5.41) is 0.720. The first-order valence-electron chi connectivity index (χ1n) is 6.46. The minimum atomic E-state index is -0.703. The normalized spacial score (nSPS) is 11.0. The van der Waals surface area contributed by atoms with E-state index < -0.39 is 11.6 Å². The molecule has 0 amide bonds. The first kappa shape index (κ1) is 13.4. The number of hydrogen-bond donors (Lipinski definition) is 1. The summed E-state index contributed by atoms with van der Waals surface area (Å²) < 4.78 is 27.4. The highest BCUT2D eigenvalue weighted by molar-refractivity contribution is 5.91. The molecule has 0 spiro atoms. The average Bonchev–Trinajstić information content (AvgIpc) is 2.44. The van der Waals surface area contributed by atoms with Crippen LogP contribution < -0.4 is 5.73 Å². The summed E-state index contributed by atoms with van der Waals surface area (Å²) in [6, 6.07) is 7.80. The molecule has 0 fully saturated rings. The Hall–Kier alpha value is -2.56. The molecule has 3 nitrogen and oxygen atoms in total. The third-order valence-corrected chi connectivity index (χ3v) is 3.45. The van der Waals surface area contributed by atoms with Crippen molar-refractivity contribution in [3.05, 3.63) is 53.1 Å². The third kappa shape index (κ3) is 2.20. The Labute approximate surface area is 120 Å². The van der Waals surface area contributed by atoms with Crippen molar-refractivity contribution in [3.8, 4) is 11.4 Å². The van der Waals surface area contributed by atoms with E-state index in [1.807, 2.05) is 25.1 Å². The smallest absolute Gasteiger partial charge is 0.165 e. The first-order chi connectivity index (χ1) is 9.97. The highest BCUT2D eigenvalue weighted by atomic mass is 19.1. The quantitative estimate of drug-likeness (QED) is 0.740. The zero-order chi connectivity index (χ0) is 15.1. The molecule has 0 bridgehead atoms. The van der Waals surface area contributed by atoms with Crippen molar-refractivity contribution in [1.29, 1.82) is 0 Å². The summed E-state index contributed by atoms with van der Waals surface area (Å²) >= 11 is 0. The van der Waals surface area contributed by atoms with Crippen LogP contribution in [0.15, 0.2) is 30.3 Å². The lowest BCUT2D eigenvalue weighted by atomic mass is 10.1. The molecule has 0 saturated heterocycles. The fraction of sp³-hybridized carbons (Fsp3) is 0.125. The van der Waals surface area contributed by atoms with Crippen LogP contribution in [0.3, 0.4) is 0 Å². The molecule has 21 heavy (non-hydrogen) atoms. The number of hydrogen-bond acceptors (Lipinski definition) is 3. The Kier molecular flexibility index (Phi) is 3.05. The maximum absolute atomic E-state index is 14.0. The molecule has 0 saturated carbocycles. The van der Waals surface area contributed by atoms with Gasteiger partial charge in [0, 0.05) is 11.5 Å². The van der Waals surface area contributed by atoms with Gasteiger partial charge in [0.2, 0.25) is 0 Å². The second-order valence-electron chi connectivity index (χ2n) is 4.98. The lowest BCUT2D eigenvalue weighted by Crippen LogP contribution is -2.01. The first-order valence-corrected chi connectivity index (χ1v) is 6.46. The molecule has 3 aromatic rings. The van der Waals surface area contributed by atoms with Gasteiger partial charge in [0.15, 0.2) is 5.82 Å². The van der Waals surface area contributed by atoms with E-state index >= 15 is 0 Å². The zero-order valence-corrected chi connectivity index (χ0v) is 11.6. The van der Waals surface area contributed by atoms with Gasteiger partial charge < -0.3 is 5.73 Å². The van der Waals surface area contributed by atoms with Crippen LogP contribution in [-0.2, 0) is 0 Å². The van der Waals surface area contributed by atoms with Crippen LogP contribution in [0.1, 0.15) is 11.1 Å². The monoisotopic (exact) mass is 285 g/mol. The molecule has 0 aliphatic rings. The predicted molar refractivity (Wildman–Crippen MR) is 78.8 cm³/mol. The number of nitrogens with zero attached hydrogens (tertiary/aromatic N) is 2. The van der Waals surface area contributed by atoms with Gasteiger partial charge >= 0.3 is 0 Å². The summed E-state index contributed by atoms with van der Waals surface area (Å²) in [6.07, 6.45) is 0. The molecule has 0 aliphatic heterocycles. The Morgan fingerprint density at radius 3 is 2.48 bits per heavy atom. The van der Waals surface area contributed by atoms with E-state index in [1.165, 1.54) is 6.07 Å². The maximum atomic E-state index is 14.0. The van der Waals surface area contributed by atoms with Gasteiger partial charge in [-0.25, -0.2) is 18.7 Å². The van der Waals surface area contributed by atoms with Crippen molar-refractivity contribution in [2.75, 3.05) is 5.73 Å². The van der Waals surface area contributed by atoms with Gasteiger partial charge in [0.1, 0.15) is 17.5 Å². The van der Waals surface area contributed by atoms with Crippen LogP contribution in [0.25, 0.3) is 22.3 Å². The molecule has 2 aromatic carbocycles. The Balaban J connectivity index is 2.31. The molecule has 2 N–H and O–H groups in total. The number of nitrogen functional groups attached to an aromatic ring is 1. The van der Waals surface area contributed by atoms with Gasteiger partial charge in [-0.3, -0.25) is 0 Å². The largest absolute Gasteiger partial charge is 0.383 e. The van der Waals surface area contributed by atoms with E-state index in [0.717, 1.165) is 17.0 Å². The van der Waals surface area contributed by atoms with Gasteiger partial charge in [0.05, 0.1) is 11.1 Å². The summed E-state index contributed by atoms with van der Waals surface area (Å²) in [5.74, 6) is -0.860. The van der Waals surface area contributed by atoms with Crippen LogP contribution in [-0.4, -0.2) is 9.97 Å². The molecule has 0 unspecified atom stereocenters. The molecule has 0 atom stereocenters. The summed E-state index contributed by atoms with van der Waals surface area (Å²) in [6.45, 7) is 3.46. The number of aromatic nitrogens is 2. The highest BCUT2D eigenvalue weighted by Gasteiger charge is 2.14. The number of para-hydroxylation sites is 1. The summed E-state index contributed by atoms with van der Waals surface area (Å²) in [7, 11) is 0. The van der Waals surface area contributed by atoms with E-state index in [4.69, 9.17) is 5.73 Å². The fourth-order valence-corrected chi connectivity index (χ4v) is 2.27. The van der Waals surface area contributed by atoms with Gasteiger partial charge in [-0.05, 0) is 37.1 Å². The Morgan fingerprint density at radius 1 is 0.952 bits per heavy atom. The molecule has 1 aromatic heterocycles. The van der Waals surface area contributed by atoms with E-state index in [1.54, 1.807) is 6.92 Å². The van der Waals surface area contributed by atoms with Crippen molar-refractivity contribution in [3.63, 3.8) is 0 Å². The van der Waals surface area contributed by atoms with E-state index in [0.29, 0.717) is 11.1 Å². The topological polar surface area (TPSA) is 51.8 Å². The van der Waals surface area contributed by atoms with Crippen LogP contribution in [0.2, 0.25) is 0 Å². The lowest BCUT2D eigenvalue weighted by Gasteiger charge is -2.09. The SMILES string of the molecule is Cc1cc(-c2nc(N)c3cccc(C)c3n2)c(F)cc1F. The van der Waals surface area contributed by atoms with E-state index in [-0.39, 0.29) is 17.2 Å².